The highest BCUT2D eigenvalue weighted by atomic mass is 16.5. The lowest BCUT2D eigenvalue weighted by molar-refractivity contribution is -0.136. The summed E-state index contributed by atoms with van der Waals surface area (Å²) in [7, 11) is 3.04. The topological polar surface area (TPSA) is 79.9 Å². The fraction of sp³-hybridized carbons (Fsp3) is 0.286. The van der Waals surface area contributed by atoms with E-state index in [2.05, 4.69) is 64.1 Å². The Kier molecular flexibility index (Phi) is 7.88. The average molecular weight is 474 g/mol. The standard InChI is InChI=1S/C28H31N3O4/c1-34-25-14-11-23(18-26(25)35-2)30-28(33)27(32)29-16-5-6-20-9-12-24(13-10-20)31-17-15-21-7-3-4-8-22(21)19-31/h3-4,7-14,18H,5-6,15-17,19H2,1-2H3,(H,29,32)(H,30,33). The molecule has 0 saturated carbocycles. The first kappa shape index (κ1) is 24.1. The van der Waals surface area contributed by atoms with Gasteiger partial charge in [-0.25, -0.2) is 0 Å². The van der Waals surface area contributed by atoms with E-state index in [0.717, 1.165) is 32.4 Å². The molecule has 0 atom stereocenters. The second-order valence-electron chi connectivity index (χ2n) is 8.49. The highest BCUT2D eigenvalue weighted by Gasteiger charge is 2.16. The molecule has 2 N–H and O–H groups in total. The van der Waals surface area contributed by atoms with Gasteiger partial charge in [0.25, 0.3) is 0 Å². The molecule has 0 aromatic heterocycles. The molecule has 0 saturated heterocycles. The van der Waals surface area contributed by atoms with E-state index in [-0.39, 0.29) is 0 Å². The number of aryl methyl sites for hydroxylation is 1. The largest absolute Gasteiger partial charge is 0.493 e. The number of ether oxygens (including phenoxy) is 2. The number of carbonyl (C=O) groups excluding carboxylic acids is 2. The molecule has 0 spiro atoms. The molecule has 0 unspecified atom stereocenters. The summed E-state index contributed by atoms with van der Waals surface area (Å²) >= 11 is 0. The number of methoxy groups -OCH3 is 2. The van der Waals surface area contributed by atoms with Crippen molar-refractivity contribution in [2.75, 3.05) is 37.5 Å². The van der Waals surface area contributed by atoms with Crippen LogP contribution in [0.4, 0.5) is 11.4 Å². The van der Waals surface area contributed by atoms with Gasteiger partial charge >= 0.3 is 11.8 Å². The summed E-state index contributed by atoms with van der Waals surface area (Å²) in [4.78, 5) is 26.8. The van der Waals surface area contributed by atoms with Crippen LogP contribution in [0.3, 0.4) is 0 Å². The Balaban J connectivity index is 1.20. The van der Waals surface area contributed by atoms with Gasteiger partial charge < -0.3 is 25.0 Å². The van der Waals surface area contributed by atoms with Crippen molar-refractivity contribution >= 4 is 23.2 Å². The van der Waals surface area contributed by atoms with Crippen LogP contribution in [0.5, 0.6) is 11.5 Å². The minimum Gasteiger partial charge on any atom is -0.493 e. The van der Waals surface area contributed by atoms with Crippen molar-refractivity contribution in [1.82, 2.24) is 5.32 Å². The zero-order valence-electron chi connectivity index (χ0n) is 20.2. The predicted molar refractivity (Wildman–Crippen MR) is 137 cm³/mol. The molecule has 35 heavy (non-hydrogen) atoms. The first-order chi connectivity index (χ1) is 17.1. The quantitative estimate of drug-likeness (QED) is 0.383. The molecule has 0 bridgehead atoms. The summed E-state index contributed by atoms with van der Waals surface area (Å²) in [5, 5.41) is 5.26. The van der Waals surface area contributed by atoms with Crippen molar-refractivity contribution in [2.24, 2.45) is 0 Å². The average Bonchev–Trinajstić information content (AvgIpc) is 2.90. The van der Waals surface area contributed by atoms with Crippen LogP contribution in [0.25, 0.3) is 0 Å². The summed E-state index contributed by atoms with van der Waals surface area (Å²) in [5.74, 6) is -0.365. The Morgan fingerprint density at radius 1 is 0.886 bits per heavy atom. The molecule has 1 aliphatic heterocycles. The molecule has 3 aromatic rings. The van der Waals surface area contributed by atoms with Crippen LogP contribution < -0.4 is 25.0 Å². The maximum atomic E-state index is 12.2. The van der Waals surface area contributed by atoms with Crippen LogP contribution in [0.1, 0.15) is 23.1 Å². The summed E-state index contributed by atoms with van der Waals surface area (Å²) in [5.41, 5.74) is 5.73. The van der Waals surface area contributed by atoms with Gasteiger partial charge in [0.2, 0.25) is 0 Å². The monoisotopic (exact) mass is 473 g/mol. The molecule has 3 aromatic carbocycles. The number of carbonyl (C=O) groups is 2. The predicted octanol–water partition coefficient (Wildman–Crippen LogP) is 3.95. The zero-order valence-corrected chi connectivity index (χ0v) is 20.2. The van der Waals surface area contributed by atoms with E-state index in [1.165, 1.54) is 36.6 Å². The van der Waals surface area contributed by atoms with Crippen LogP contribution in [0, 0.1) is 0 Å². The molecule has 7 heteroatoms. The van der Waals surface area contributed by atoms with Crippen LogP contribution in [0.15, 0.2) is 66.7 Å². The molecule has 4 rings (SSSR count). The minimum atomic E-state index is -0.718. The van der Waals surface area contributed by atoms with Gasteiger partial charge in [0.1, 0.15) is 0 Å². The summed E-state index contributed by atoms with van der Waals surface area (Å²) in [6.45, 7) is 2.38. The van der Waals surface area contributed by atoms with Crippen LogP contribution >= 0.6 is 0 Å². The molecule has 0 radical (unpaired) electrons. The third kappa shape index (κ3) is 6.12. The van der Waals surface area contributed by atoms with Gasteiger partial charge in [-0.3, -0.25) is 9.59 Å². The fourth-order valence-electron chi connectivity index (χ4n) is 4.27. The lowest BCUT2D eigenvalue weighted by Gasteiger charge is -2.30. The van der Waals surface area contributed by atoms with Gasteiger partial charge in [0.15, 0.2) is 11.5 Å². The van der Waals surface area contributed by atoms with Crippen LogP contribution in [-0.2, 0) is 29.0 Å². The SMILES string of the molecule is COc1ccc(NC(=O)C(=O)NCCCc2ccc(N3CCc4ccccc4C3)cc2)cc1OC. The van der Waals surface area contributed by atoms with Gasteiger partial charge in [-0.2, -0.15) is 0 Å². The Bertz CT molecular complexity index is 1180. The van der Waals surface area contributed by atoms with Gasteiger partial charge in [-0.15, -0.1) is 0 Å². The van der Waals surface area contributed by atoms with Gasteiger partial charge in [0, 0.05) is 37.1 Å². The van der Waals surface area contributed by atoms with E-state index in [1.807, 2.05) is 0 Å². The van der Waals surface area contributed by atoms with E-state index in [0.29, 0.717) is 23.7 Å². The number of rotatable bonds is 8. The maximum absolute atomic E-state index is 12.2. The van der Waals surface area contributed by atoms with Crippen molar-refractivity contribution < 1.29 is 19.1 Å². The number of hydrogen-bond donors (Lipinski definition) is 2. The summed E-state index contributed by atoms with van der Waals surface area (Å²) < 4.78 is 10.4. The van der Waals surface area contributed by atoms with Crippen molar-refractivity contribution in [2.45, 2.75) is 25.8 Å². The Morgan fingerprint density at radius 3 is 2.37 bits per heavy atom. The van der Waals surface area contributed by atoms with E-state index in [1.54, 1.807) is 18.2 Å². The van der Waals surface area contributed by atoms with E-state index < -0.39 is 11.8 Å². The second kappa shape index (κ2) is 11.4. The third-order valence-corrected chi connectivity index (χ3v) is 6.21. The smallest absolute Gasteiger partial charge is 0.313 e. The first-order valence-electron chi connectivity index (χ1n) is 11.8. The van der Waals surface area contributed by atoms with Crippen molar-refractivity contribution in [1.29, 1.82) is 0 Å². The molecule has 1 aliphatic rings. The number of nitrogens with one attached hydrogen (secondary N) is 2. The fourth-order valence-corrected chi connectivity index (χ4v) is 4.27. The second-order valence-corrected chi connectivity index (χ2v) is 8.49. The van der Waals surface area contributed by atoms with E-state index in [4.69, 9.17) is 9.47 Å². The highest BCUT2D eigenvalue weighted by molar-refractivity contribution is 6.39. The summed E-state index contributed by atoms with van der Waals surface area (Å²) in [6.07, 6.45) is 2.63. The first-order valence-corrected chi connectivity index (χ1v) is 11.8. The van der Waals surface area contributed by atoms with Crippen LogP contribution in [0.2, 0.25) is 0 Å². The number of anilines is 2. The number of amides is 2. The molecule has 2 amide bonds. The maximum Gasteiger partial charge on any atom is 0.313 e. The lowest BCUT2D eigenvalue weighted by Crippen LogP contribution is -2.36. The molecule has 1 heterocycles. The van der Waals surface area contributed by atoms with Gasteiger partial charge in [-0.05, 0) is 60.2 Å². The molecular weight excluding hydrogens is 442 g/mol. The molecular formula is C28H31N3O4. The van der Waals surface area contributed by atoms with Crippen molar-refractivity contribution in [3.8, 4) is 11.5 Å². The number of benzene rings is 3. The van der Waals surface area contributed by atoms with E-state index in [9.17, 15) is 9.59 Å². The van der Waals surface area contributed by atoms with Crippen molar-refractivity contribution in [3.05, 3.63) is 83.4 Å². The molecule has 0 aliphatic carbocycles. The normalized spacial score (nSPS) is 12.5. The van der Waals surface area contributed by atoms with Gasteiger partial charge in [0.05, 0.1) is 14.2 Å². The Hall–Kier alpha value is -4.00. The van der Waals surface area contributed by atoms with Crippen molar-refractivity contribution in [3.63, 3.8) is 0 Å². The lowest BCUT2D eigenvalue weighted by atomic mass is 9.99. The summed E-state index contributed by atoms with van der Waals surface area (Å²) in [6, 6.07) is 22.2. The van der Waals surface area contributed by atoms with Gasteiger partial charge in [-0.1, -0.05) is 36.4 Å². The number of fused-ring (bicyclic) bond motifs is 1. The number of nitrogens with zero attached hydrogens (tertiary/aromatic N) is 1. The minimum absolute atomic E-state index is 0.419. The zero-order chi connectivity index (χ0) is 24.6. The third-order valence-electron chi connectivity index (χ3n) is 6.21. The Labute approximate surface area is 206 Å². The molecule has 7 nitrogen and oxygen atoms in total. The number of hydrogen-bond acceptors (Lipinski definition) is 5. The Morgan fingerprint density at radius 2 is 1.63 bits per heavy atom. The molecule has 182 valence electrons. The molecule has 0 fully saturated rings. The van der Waals surface area contributed by atoms with E-state index >= 15 is 0 Å². The highest BCUT2D eigenvalue weighted by Crippen LogP contribution is 2.29. The van der Waals surface area contributed by atoms with Crippen LogP contribution in [-0.4, -0.2) is 39.1 Å².